The number of primary amides is 1. The molecule has 1 atom stereocenters. The van der Waals surface area contributed by atoms with Crippen molar-refractivity contribution in [1.82, 2.24) is 60.1 Å². The number of nitriles is 5. The van der Waals surface area contributed by atoms with Gasteiger partial charge in [0, 0.05) is 71.2 Å². The highest BCUT2D eigenvalue weighted by atomic mass is 32.1. The lowest BCUT2D eigenvalue weighted by atomic mass is 9.94. The van der Waals surface area contributed by atoms with Crippen LogP contribution in [0, 0.1) is 56.7 Å². The SMILES string of the molecule is CCC(=O)c1ccc(-c2nc[nH]c(=O)c2C#N)cc1.COc1cncc(C2=C(C#N)C(=O)CC=N2)c1.N#Cc1c(-c2ccc(CC(N)=O)cc2)nc[nH]c1=O.N#Cc1c(-c2cnc(C(=O)NC(CO)c3ccccc3)s2)nc[nH]c1=O.N#Cc1c(-c2cnc3c(c2)CCCC3)nc[nH]c1=O. The van der Waals surface area contributed by atoms with E-state index in [0.29, 0.717) is 62.1 Å². The van der Waals surface area contributed by atoms with Crippen LogP contribution in [0.2, 0.25) is 0 Å². The molecule has 0 spiro atoms. The van der Waals surface area contributed by atoms with Gasteiger partial charge < -0.3 is 40.8 Å². The molecule has 3 aromatic carbocycles. The van der Waals surface area contributed by atoms with Crippen molar-refractivity contribution in [2.75, 3.05) is 13.7 Å². The molecular weight excluding hydrogens is 1300 g/mol. The summed E-state index contributed by atoms with van der Waals surface area (Å²) in [6.07, 6.45) is 17.8. The van der Waals surface area contributed by atoms with Crippen LogP contribution in [0.15, 0.2) is 171 Å². The van der Waals surface area contributed by atoms with Crippen molar-refractivity contribution in [2.45, 2.75) is 57.9 Å². The first-order valence-electron chi connectivity index (χ1n) is 30.0. The lowest BCUT2D eigenvalue weighted by Gasteiger charge is -2.15. The number of amides is 2. The third-order valence-electron chi connectivity index (χ3n) is 14.7. The molecule has 1 aliphatic carbocycles. The van der Waals surface area contributed by atoms with Crippen LogP contribution in [0.3, 0.4) is 0 Å². The Hall–Kier alpha value is -14.0. The number of methoxy groups -OCH3 is 1. The standard InChI is InChI=1S/C17H13N5O3S.C14H12N4O.C14H11N3O2.C13H10N4O2.C12H9N3O2/c18-6-11-14(20-9-21-15(11)24)13-7-19-17(26-13)16(25)22-12(8-23)10-4-2-1-3-5-10;15-6-11-13(17-8-18-14(11)19)10-5-9-3-1-2-4-12(9)16-7-10;1-2-12(18)9-3-5-10(6-4-9)13-11(7-15)14(19)17-8-16-13;14-6-10-12(16-7-17-13(10)19)9-3-1-8(2-4-9)5-11(15)18;1-17-9-4-8(6-14-7-9)12-10(5-13)11(16)2-3-15-12/h1-5,7,9,12,23H,8H2,(H,22,25)(H,20,21,24);5,7-8H,1-4H2,(H,17,18,19);3-6,8H,2H2,1H3,(H,16,17,19);1-4,7H,5H2,(H2,15,18)(H,16,17,19);3-4,6-7H,2H2,1H3. The quantitative estimate of drug-likeness (QED) is 0.0577. The van der Waals surface area contributed by atoms with E-state index >= 15 is 0 Å². The van der Waals surface area contributed by atoms with Crippen LogP contribution >= 0.6 is 11.3 Å². The highest BCUT2D eigenvalue weighted by Crippen LogP contribution is 2.29. The number of hydrogen-bond acceptors (Lipinski definition) is 24. The number of H-pyrrole nitrogens is 4. The Bertz CT molecular complexity index is 5240. The number of aliphatic hydroxyl groups is 1. The zero-order chi connectivity index (χ0) is 71.7. The number of hydrogen-bond donors (Lipinski definition) is 7. The highest BCUT2D eigenvalue weighted by Gasteiger charge is 2.23. The molecule has 8 heterocycles. The molecule has 29 nitrogen and oxygen atoms in total. The minimum absolute atomic E-state index is 0.0305. The van der Waals surface area contributed by atoms with E-state index in [1.54, 1.807) is 98.3 Å². The van der Waals surface area contributed by atoms with E-state index in [9.17, 15) is 43.5 Å². The number of rotatable bonds is 14. The maximum absolute atomic E-state index is 12.4. The molecule has 12 rings (SSSR count). The van der Waals surface area contributed by atoms with Gasteiger partial charge in [0.2, 0.25) is 5.91 Å². The van der Waals surface area contributed by atoms with Gasteiger partial charge in [0.05, 0.1) is 85.3 Å². The van der Waals surface area contributed by atoms with Gasteiger partial charge in [-0.05, 0) is 54.5 Å². The predicted molar refractivity (Wildman–Crippen MR) is 363 cm³/mol. The number of carbonyl (C=O) groups is 4. The number of aromatic nitrogens is 11. The predicted octanol–water partition coefficient (Wildman–Crippen LogP) is 6.42. The third kappa shape index (κ3) is 18.1. The van der Waals surface area contributed by atoms with E-state index in [0.717, 1.165) is 53.0 Å². The summed E-state index contributed by atoms with van der Waals surface area (Å²) in [5.74, 6) is -0.501. The molecule has 0 saturated carbocycles. The maximum atomic E-state index is 12.4. The molecule has 496 valence electrons. The summed E-state index contributed by atoms with van der Waals surface area (Å²) < 4.78 is 5.04. The van der Waals surface area contributed by atoms with Crippen molar-refractivity contribution < 1.29 is 29.0 Å². The minimum Gasteiger partial charge on any atom is -0.495 e. The summed E-state index contributed by atoms with van der Waals surface area (Å²) in [5, 5.41) is 57.5. The number of ketones is 2. The number of aryl methyl sites for hydroxylation is 2. The minimum atomic E-state index is -0.566. The fraction of sp³-hybridized carbons (Fsp3) is 0.157. The van der Waals surface area contributed by atoms with E-state index in [2.05, 4.69) is 65.1 Å². The summed E-state index contributed by atoms with van der Waals surface area (Å²) in [5.41, 5.74) is 11.7. The summed E-state index contributed by atoms with van der Waals surface area (Å²) in [6, 6.07) is 35.0. The summed E-state index contributed by atoms with van der Waals surface area (Å²) in [4.78, 5) is 135. The first-order valence-corrected chi connectivity index (χ1v) is 30.8. The van der Waals surface area contributed by atoms with Gasteiger partial charge in [-0.15, -0.1) is 11.3 Å². The van der Waals surface area contributed by atoms with Crippen molar-refractivity contribution in [3.05, 3.63) is 249 Å². The van der Waals surface area contributed by atoms with Gasteiger partial charge in [-0.25, -0.2) is 24.9 Å². The number of aliphatic imine (C=N–C) groups is 1. The van der Waals surface area contributed by atoms with Crippen LogP contribution in [-0.2, 0) is 28.9 Å². The molecule has 0 fully saturated rings. The van der Waals surface area contributed by atoms with Gasteiger partial charge in [0.1, 0.15) is 69.6 Å². The number of thiazole rings is 1. The molecule has 0 radical (unpaired) electrons. The number of fused-ring (bicyclic) bond motifs is 1. The zero-order valence-electron chi connectivity index (χ0n) is 53.0. The van der Waals surface area contributed by atoms with E-state index in [1.165, 1.54) is 56.8 Å². The zero-order valence-corrected chi connectivity index (χ0v) is 53.8. The molecule has 100 heavy (non-hydrogen) atoms. The van der Waals surface area contributed by atoms with Gasteiger partial charge in [-0.2, -0.15) is 26.3 Å². The Morgan fingerprint density at radius 2 is 1.17 bits per heavy atom. The summed E-state index contributed by atoms with van der Waals surface area (Å²) >= 11 is 1.01. The number of aromatic amines is 4. The molecule has 30 heteroatoms. The average molecular weight is 1350 g/mol. The van der Waals surface area contributed by atoms with Gasteiger partial charge in [0.25, 0.3) is 28.1 Å². The topological polar surface area (TPSA) is 489 Å². The lowest BCUT2D eigenvalue weighted by molar-refractivity contribution is -0.117. The Balaban J connectivity index is 0.000000160. The first-order chi connectivity index (χ1) is 48.5. The van der Waals surface area contributed by atoms with Crippen LogP contribution < -0.4 is 38.0 Å². The Morgan fingerprint density at radius 1 is 0.630 bits per heavy atom. The number of nitrogens with two attached hydrogens (primary N) is 1. The number of benzene rings is 3. The summed E-state index contributed by atoms with van der Waals surface area (Å²) in [7, 11) is 1.52. The highest BCUT2D eigenvalue weighted by molar-refractivity contribution is 7.16. The molecule has 10 aromatic rings. The van der Waals surface area contributed by atoms with Crippen molar-refractivity contribution in [3.63, 3.8) is 0 Å². The molecule has 7 aromatic heterocycles. The van der Waals surface area contributed by atoms with Crippen molar-refractivity contribution in [3.8, 4) is 80.4 Å². The van der Waals surface area contributed by atoms with E-state index in [1.807, 2.05) is 48.5 Å². The van der Waals surface area contributed by atoms with Crippen molar-refractivity contribution in [1.29, 1.82) is 26.3 Å². The third-order valence-corrected chi connectivity index (χ3v) is 15.7. The Labute approximate surface area is 571 Å². The first kappa shape index (κ1) is 71.9. The Morgan fingerprint density at radius 3 is 1.70 bits per heavy atom. The second-order valence-corrected chi connectivity index (χ2v) is 22.1. The fourth-order valence-corrected chi connectivity index (χ4v) is 10.5. The molecule has 2 aliphatic rings. The molecule has 0 bridgehead atoms. The average Bonchev–Trinajstić information content (AvgIpc) is 0.862. The summed E-state index contributed by atoms with van der Waals surface area (Å²) in [6.45, 7) is 1.53. The molecule has 1 unspecified atom stereocenters. The van der Waals surface area contributed by atoms with Gasteiger partial charge >= 0.3 is 0 Å². The van der Waals surface area contributed by atoms with Crippen molar-refractivity contribution >= 4 is 46.6 Å². The molecule has 2 amide bonds. The number of pyridine rings is 2. The lowest BCUT2D eigenvalue weighted by Crippen LogP contribution is -2.30. The number of nitrogens with zero attached hydrogens (tertiary/aromatic N) is 13. The normalized spacial score (nSPS) is 11.8. The molecule has 0 saturated heterocycles. The molecule has 1 aliphatic heterocycles. The Kier molecular flexibility index (Phi) is 25.1. The van der Waals surface area contributed by atoms with E-state index < -0.39 is 40.1 Å². The maximum Gasteiger partial charge on any atom is 0.280 e. The largest absolute Gasteiger partial charge is 0.495 e. The van der Waals surface area contributed by atoms with Crippen LogP contribution in [0.4, 0.5) is 0 Å². The van der Waals surface area contributed by atoms with Crippen LogP contribution in [0.1, 0.15) is 109 Å². The van der Waals surface area contributed by atoms with Crippen molar-refractivity contribution in [2.24, 2.45) is 10.7 Å². The molecule has 8 N–H and O–H groups in total. The number of allylic oxidation sites excluding steroid dienone is 1. The van der Waals surface area contributed by atoms with Gasteiger partial charge in [-0.3, -0.25) is 53.3 Å². The second kappa shape index (κ2) is 35.0. The van der Waals surface area contributed by atoms with Gasteiger partial charge in [0.15, 0.2) is 16.6 Å². The number of ether oxygens (including phenoxy) is 1. The van der Waals surface area contributed by atoms with Crippen LogP contribution in [0.5, 0.6) is 5.75 Å². The second-order valence-electron chi connectivity index (χ2n) is 21.0. The van der Waals surface area contributed by atoms with E-state index in [4.69, 9.17) is 36.8 Å². The van der Waals surface area contributed by atoms with Crippen LogP contribution in [0.25, 0.3) is 50.0 Å². The smallest absolute Gasteiger partial charge is 0.280 e. The molecular formula is C70H55N19O10S. The fourth-order valence-electron chi connectivity index (χ4n) is 9.72. The van der Waals surface area contributed by atoms with E-state index in [-0.39, 0.29) is 69.5 Å². The number of carbonyl (C=O) groups excluding carboxylic acids is 4. The van der Waals surface area contributed by atoms with Gasteiger partial charge in [-0.1, -0.05) is 85.8 Å². The van der Waals surface area contributed by atoms with Crippen LogP contribution in [-0.4, -0.2) is 103 Å². The number of aliphatic hydroxyl groups excluding tert-OH is 1. The monoisotopic (exact) mass is 1350 g/mol. The number of Topliss-reactive ketones (excluding diaryl/α,β-unsaturated/α-hetero) is 2. The number of nitrogens with one attached hydrogen (secondary N) is 5.